The zero-order valence-corrected chi connectivity index (χ0v) is 13.9. The maximum absolute atomic E-state index is 12.1. The van der Waals surface area contributed by atoms with Crippen molar-refractivity contribution in [1.29, 1.82) is 0 Å². The molecule has 0 spiro atoms. The van der Waals surface area contributed by atoms with Crippen molar-refractivity contribution in [2.45, 2.75) is 25.2 Å². The molecule has 0 saturated heterocycles. The summed E-state index contributed by atoms with van der Waals surface area (Å²) >= 11 is 0. The molecule has 0 aromatic heterocycles. The van der Waals surface area contributed by atoms with E-state index in [1.165, 1.54) is 18.2 Å². The van der Waals surface area contributed by atoms with Gasteiger partial charge < -0.3 is 20.1 Å². The standard InChI is InChI=1S/C16H16F3N3O5/c17-16(18,19)14(23)20-7-13-6-5-12(9-26-13)21-15(24)27-8-10-1-3-11(22-25)4-2-10/h1-4,6,12H,5,7-9H2,(H,20,23)(H,21,24)/t12-/m1/s1. The first kappa shape index (κ1) is 20.2. The summed E-state index contributed by atoms with van der Waals surface area (Å²) in [5.74, 6) is -1.87. The number of nitrogens with one attached hydrogen (secondary N) is 2. The van der Waals surface area contributed by atoms with Crippen LogP contribution < -0.4 is 10.6 Å². The van der Waals surface area contributed by atoms with Gasteiger partial charge in [-0.1, -0.05) is 12.1 Å². The van der Waals surface area contributed by atoms with Crippen molar-refractivity contribution in [3.8, 4) is 0 Å². The number of rotatable bonds is 6. The van der Waals surface area contributed by atoms with Crippen LogP contribution in [0.25, 0.3) is 0 Å². The van der Waals surface area contributed by atoms with Gasteiger partial charge in [0.2, 0.25) is 0 Å². The van der Waals surface area contributed by atoms with Crippen LogP contribution in [0.4, 0.5) is 23.7 Å². The number of carbonyl (C=O) groups is 2. The molecule has 2 amide bonds. The Morgan fingerprint density at radius 3 is 2.52 bits per heavy atom. The molecule has 1 heterocycles. The number of ether oxygens (including phenoxy) is 2. The summed E-state index contributed by atoms with van der Waals surface area (Å²) < 4.78 is 46.5. The average Bonchev–Trinajstić information content (AvgIpc) is 2.65. The van der Waals surface area contributed by atoms with E-state index in [0.29, 0.717) is 12.0 Å². The summed E-state index contributed by atoms with van der Waals surface area (Å²) in [5, 5.41) is 7.01. The molecule has 0 bridgehead atoms. The Balaban J connectivity index is 1.70. The van der Waals surface area contributed by atoms with E-state index in [9.17, 15) is 27.7 Å². The highest BCUT2D eigenvalue weighted by Crippen LogP contribution is 2.16. The molecule has 1 aromatic carbocycles. The van der Waals surface area contributed by atoms with Gasteiger partial charge in [0, 0.05) is 0 Å². The van der Waals surface area contributed by atoms with Crippen molar-refractivity contribution in [3.05, 3.63) is 46.6 Å². The van der Waals surface area contributed by atoms with E-state index >= 15 is 0 Å². The molecule has 0 radical (unpaired) electrons. The maximum atomic E-state index is 12.1. The molecular formula is C16H16F3N3O5. The van der Waals surface area contributed by atoms with Gasteiger partial charge in [0.05, 0.1) is 12.6 Å². The maximum Gasteiger partial charge on any atom is 0.471 e. The molecule has 11 heteroatoms. The topological polar surface area (TPSA) is 106 Å². The van der Waals surface area contributed by atoms with Gasteiger partial charge in [-0.2, -0.15) is 13.2 Å². The fourth-order valence-electron chi connectivity index (χ4n) is 2.11. The van der Waals surface area contributed by atoms with Crippen LogP contribution in [0.2, 0.25) is 0 Å². The zero-order chi connectivity index (χ0) is 19.9. The highest BCUT2D eigenvalue weighted by Gasteiger charge is 2.38. The van der Waals surface area contributed by atoms with E-state index < -0.39 is 24.2 Å². The van der Waals surface area contributed by atoms with E-state index in [4.69, 9.17) is 9.47 Å². The highest BCUT2D eigenvalue weighted by molar-refractivity contribution is 5.81. The largest absolute Gasteiger partial charge is 0.494 e. The molecule has 1 aliphatic rings. The molecule has 8 nitrogen and oxygen atoms in total. The molecule has 2 rings (SSSR count). The van der Waals surface area contributed by atoms with Gasteiger partial charge >= 0.3 is 18.2 Å². The number of alkyl carbamates (subject to hydrolysis) is 1. The molecule has 1 atom stereocenters. The van der Waals surface area contributed by atoms with Crippen LogP contribution in [0.15, 0.2) is 41.3 Å². The smallest absolute Gasteiger partial charge is 0.471 e. The van der Waals surface area contributed by atoms with Gasteiger partial charge in [0.15, 0.2) is 0 Å². The minimum Gasteiger partial charge on any atom is -0.494 e. The molecule has 0 fully saturated rings. The number of alkyl halides is 3. The highest BCUT2D eigenvalue weighted by atomic mass is 19.4. The van der Waals surface area contributed by atoms with Crippen molar-refractivity contribution in [2.75, 3.05) is 13.2 Å². The average molecular weight is 387 g/mol. The van der Waals surface area contributed by atoms with Crippen molar-refractivity contribution in [1.82, 2.24) is 10.6 Å². The summed E-state index contributed by atoms with van der Waals surface area (Å²) in [5.41, 5.74) is 0.927. The van der Waals surface area contributed by atoms with Gasteiger partial charge in [-0.05, 0) is 35.4 Å². The van der Waals surface area contributed by atoms with Crippen LogP contribution in [-0.4, -0.2) is 37.4 Å². The summed E-state index contributed by atoms with van der Waals surface area (Å²) in [6, 6.07) is 5.75. The number of hydrogen-bond acceptors (Lipinski definition) is 6. The predicted molar refractivity (Wildman–Crippen MR) is 86.7 cm³/mol. The third kappa shape index (κ3) is 6.60. The van der Waals surface area contributed by atoms with E-state index in [1.54, 1.807) is 17.4 Å². The van der Waals surface area contributed by atoms with Crippen LogP contribution in [0.3, 0.4) is 0 Å². The number of hydrogen-bond donors (Lipinski definition) is 2. The lowest BCUT2D eigenvalue weighted by molar-refractivity contribution is -0.173. The van der Waals surface area contributed by atoms with Crippen LogP contribution in [0.5, 0.6) is 0 Å². The third-order valence-corrected chi connectivity index (χ3v) is 3.51. The van der Waals surface area contributed by atoms with Crippen LogP contribution >= 0.6 is 0 Å². The van der Waals surface area contributed by atoms with Crippen LogP contribution in [0, 0.1) is 4.91 Å². The number of nitrogens with zero attached hydrogens (tertiary/aromatic N) is 1. The molecule has 0 unspecified atom stereocenters. The lowest BCUT2D eigenvalue weighted by Gasteiger charge is -2.24. The Kier molecular flexibility index (Phi) is 6.74. The van der Waals surface area contributed by atoms with Crippen molar-refractivity contribution in [3.63, 3.8) is 0 Å². The minimum atomic E-state index is -4.95. The Bertz CT molecular complexity index is 719. The van der Waals surface area contributed by atoms with Crippen molar-refractivity contribution >= 4 is 17.7 Å². The predicted octanol–water partition coefficient (Wildman–Crippen LogP) is 2.66. The first-order valence-corrected chi connectivity index (χ1v) is 7.80. The minimum absolute atomic E-state index is 0.0108. The Morgan fingerprint density at radius 2 is 1.96 bits per heavy atom. The summed E-state index contributed by atoms with van der Waals surface area (Å²) in [6.45, 7) is -0.368. The summed E-state index contributed by atoms with van der Waals surface area (Å²) in [7, 11) is 0. The van der Waals surface area contributed by atoms with E-state index in [2.05, 4.69) is 10.5 Å². The molecule has 146 valence electrons. The fourth-order valence-corrected chi connectivity index (χ4v) is 2.11. The van der Waals surface area contributed by atoms with Crippen molar-refractivity contribution < 1.29 is 32.2 Å². The second-order valence-corrected chi connectivity index (χ2v) is 5.57. The fraction of sp³-hybridized carbons (Fsp3) is 0.375. The molecule has 27 heavy (non-hydrogen) atoms. The molecule has 2 N–H and O–H groups in total. The molecule has 0 aliphatic carbocycles. The van der Waals surface area contributed by atoms with Crippen LogP contribution in [0.1, 0.15) is 12.0 Å². The van der Waals surface area contributed by atoms with Gasteiger partial charge in [-0.3, -0.25) is 4.79 Å². The van der Waals surface area contributed by atoms with Gasteiger partial charge in [0.25, 0.3) is 0 Å². The van der Waals surface area contributed by atoms with Gasteiger partial charge in [-0.15, -0.1) is 4.91 Å². The number of nitroso groups, excluding NO2 is 1. The number of carbonyl (C=O) groups excluding carboxylic acids is 2. The molecule has 1 aliphatic heterocycles. The first-order valence-electron chi connectivity index (χ1n) is 7.80. The SMILES string of the molecule is O=Nc1ccc(COC(=O)N[C@@H]2CC=C(CNC(=O)C(F)(F)F)OC2)cc1. The van der Waals surface area contributed by atoms with E-state index in [-0.39, 0.29) is 31.2 Å². The first-order chi connectivity index (χ1) is 12.8. The van der Waals surface area contributed by atoms with Crippen LogP contribution in [-0.2, 0) is 20.9 Å². The normalized spacial score (nSPS) is 16.6. The third-order valence-electron chi connectivity index (χ3n) is 3.51. The monoisotopic (exact) mass is 387 g/mol. The summed E-state index contributed by atoms with van der Waals surface area (Å²) in [6.07, 6.45) is -3.85. The Hall–Kier alpha value is -3.11. The van der Waals surface area contributed by atoms with Crippen molar-refractivity contribution in [2.24, 2.45) is 5.18 Å². The van der Waals surface area contributed by atoms with E-state index in [0.717, 1.165) is 0 Å². The van der Waals surface area contributed by atoms with Gasteiger partial charge in [0.1, 0.15) is 24.7 Å². The lowest BCUT2D eigenvalue weighted by Crippen LogP contribution is -2.42. The quantitative estimate of drug-likeness (QED) is 0.730. The zero-order valence-electron chi connectivity index (χ0n) is 13.9. The molecule has 1 aromatic rings. The second kappa shape index (κ2) is 9.01. The Morgan fingerprint density at radius 1 is 1.26 bits per heavy atom. The molecule has 0 saturated carbocycles. The number of amides is 2. The number of benzene rings is 1. The van der Waals surface area contributed by atoms with E-state index in [1.807, 2.05) is 0 Å². The Labute approximate surface area is 151 Å². The second-order valence-electron chi connectivity index (χ2n) is 5.57. The molecular weight excluding hydrogens is 371 g/mol. The summed E-state index contributed by atoms with van der Waals surface area (Å²) in [4.78, 5) is 32.8. The van der Waals surface area contributed by atoms with Gasteiger partial charge in [-0.25, -0.2) is 4.79 Å². The lowest BCUT2D eigenvalue weighted by atomic mass is 10.1. The number of halogens is 3.